The molecule has 3 N–H and O–H groups in total. The highest BCUT2D eigenvalue weighted by Crippen LogP contribution is 2.36. The van der Waals surface area contributed by atoms with Gasteiger partial charge in [-0.3, -0.25) is 0 Å². The molecule has 20 heavy (non-hydrogen) atoms. The summed E-state index contributed by atoms with van der Waals surface area (Å²) in [5, 5.41) is 8.41. The second kappa shape index (κ2) is 4.74. The van der Waals surface area contributed by atoms with Crippen LogP contribution in [0.1, 0.15) is 5.56 Å². The first-order chi connectivity index (χ1) is 9.28. The number of hydrogen-bond acceptors (Lipinski definition) is 2. The molecule has 0 unspecified atom stereocenters. The van der Waals surface area contributed by atoms with Gasteiger partial charge in [-0.25, -0.2) is 0 Å². The average molecular weight is 285 g/mol. The van der Waals surface area contributed by atoms with Crippen LogP contribution >= 0.6 is 12.4 Å². The Morgan fingerprint density at radius 3 is 1.80 bits per heavy atom. The quantitative estimate of drug-likeness (QED) is 0.674. The van der Waals surface area contributed by atoms with Gasteiger partial charge in [0.1, 0.15) is 0 Å². The van der Waals surface area contributed by atoms with Gasteiger partial charge < -0.3 is 11.1 Å². The van der Waals surface area contributed by atoms with E-state index in [0.29, 0.717) is 0 Å². The smallest absolute Gasteiger partial charge is 0.0674 e. The molecule has 2 nitrogen and oxygen atoms in total. The number of fused-ring (bicyclic) bond motifs is 2. The molecule has 0 bridgehead atoms. The van der Waals surface area contributed by atoms with E-state index in [1.54, 1.807) is 0 Å². The zero-order valence-corrected chi connectivity index (χ0v) is 11.9. The Morgan fingerprint density at radius 2 is 1.35 bits per heavy atom. The number of nitrogens with two attached hydrogens (primary N) is 1. The van der Waals surface area contributed by atoms with Gasteiger partial charge in [0.15, 0.2) is 0 Å². The van der Waals surface area contributed by atoms with Gasteiger partial charge in [-0.1, -0.05) is 48.5 Å². The summed E-state index contributed by atoms with van der Waals surface area (Å²) in [5.74, 6) is 0. The number of benzene rings is 3. The summed E-state index contributed by atoms with van der Waals surface area (Å²) in [6.45, 7) is 1.70. The lowest BCUT2D eigenvalue weighted by atomic mass is 9.79. The van der Waals surface area contributed by atoms with E-state index in [-0.39, 0.29) is 17.9 Å². The highest BCUT2D eigenvalue weighted by atomic mass is 35.5. The number of rotatable bonds is 1. The van der Waals surface area contributed by atoms with Gasteiger partial charge >= 0.3 is 0 Å². The van der Waals surface area contributed by atoms with Crippen molar-refractivity contribution < 1.29 is 0 Å². The van der Waals surface area contributed by atoms with E-state index in [9.17, 15) is 0 Å². The second-order valence-corrected chi connectivity index (χ2v) is 5.45. The minimum atomic E-state index is -0.236. The molecule has 0 spiro atoms. The fourth-order valence-corrected chi connectivity index (χ4v) is 3.12. The van der Waals surface area contributed by atoms with E-state index < -0.39 is 0 Å². The molecular weight excluding hydrogens is 268 g/mol. The van der Waals surface area contributed by atoms with Gasteiger partial charge in [0.2, 0.25) is 0 Å². The molecule has 1 aliphatic rings. The molecule has 0 saturated carbocycles. The summed E-state index contributed by atoms with van der Waals surface area (Å²) in [4.78, 5) is 0. The molecule has 102 valence electrons. The molecule has 0 aliphatic carbocycles. The van der Waals surface area contributed by atoms with Crippen molar-refractivity contribution in [2.45, 2.75) is 5.54 Å². The van der Waals surface area contributed by atoms with Crippen molar-refractivity contribution in [3.63, 3.8) is 0 Å². The van der Waals surface area contributed by atoms with E-state index in [1.165, 1.54) is 27.1 Å². The molecule has 1 saturated heterocycles. The third-order valence-electron chi connectivity index (χ3n) is 4.15. The number of halogens is 1. The molecule has 0 atom stereocenters. The SMILES string of the molecule is Cl.NC1(c2c3ccccc3cc3ccccc23)CNC1. The Morgan fingerprint density at radius 1 is 0.850 bits per heavy atom. The van der Waals surface area contributed by atoms with Crippen LogP contribution in [0.2, 0.25) is 0 Å². The van der Waals surface area contributed by atoms with E-state index in [4.69, 9.17) is 5.73 Å². The third kappa shape index (κ3) is 1.80. The Labute approximate surface area is 124 Å². The molecule has 1 aliphatic heterocycles. The molecule has 0 aromatic heterocycles. The number of hydrogen-bond donors (Lipinski definition) is 2. The summed E-state index contributed by atoms with van der Waals surface area (Å²) in [7, 11) is 0. The molecule has 1 heterocycles. The van der Waals surface area contributed by atoms with Gasteiger partial charge in [-0.15, -0.1) is 12.4 Å². The Balaban J connectivity index is 0.00000121. The topological polar surface area (TPSA) is 38.0 Å². The van der Waals surface area contributed by atoms with Gasteiger partial charge in [0.05, 0.1) is 5.54 Å². The van der Waals surface area contributed by atoms with Crippen molar-refractivity contribution in [1.29, 1.82) is 0 Å². The lowest BCUT2D eigenvalue weighted by Gasteiger charge is -2.41. The number of nitrogens with one attached hydrogen (secondary N) is 1. The van der Waals surface area contributed by atoms with Crippen LogP contribution < -0.4 is 11.1 Å². The summed E-state index contributed by atoms with van der Waals surface area (Å²) in [6, 6.07) is 19.3. The van der Waals surface area contributed by atoms with Crippen LogP contribution in [-0.2, 0) is 5.54 Å². The van der Waals surface area contributed by atoms with Gasteiger partial charge in [0.25, 0.3) is 0 Å². The highest BCUT2D eigenvalue weighted by Gasteiger charge is 2.36. The van der Waals surface area contributed by atoms with Crippen molar-refractivity contribution in [1.82, 2.24) is 5.32 Å². The fraction of sp³-hybridized carbons (Fsp3) is 0.176. The van der Waals surface area contributed by atoms with E-state index >= 15 is 0 Å². The first-order valence-electron chi connectivity index (χ1n) is 6.68. The van der Waals surface area contributed by atoms with Gasteiger partial charge in [0, 0.05) is 13.1 Å². The summed E-state index contributed by atoms with van der Waals surface area (Å²) < 4.78 is 0. The van der Waals surface area contributed by atoms with Crippen molar-refractivity contribution in [3.8, 4) is 0 Å². The molecule has 3 aromatic carbocycles. The van der Waals surface area contributed by atoms with Crippen molar-refractivity contribution >= 4 is 34.0 Å². The summed E-state index contributed by atoms with van der Waals surface area (Å²) in [5.41, 5.74) is 7.65. The fourth-order valence-electron chi connectivity index (χ4n) is 3.12. The van der Waals surface area contributed by atoms with Crippen LogP contribution in [0.15, 0.2) is 54.6 Å². The largest absolute Gasteiger partial charge is 0.319 e. The Kier molecular flexibility index (Phi) is 3.17. The second-order valence-electron chi connectivity index (χ2n) is 5.45. The maximum Gasteiger partial charge on any atom is 0.0674 e. The van der Waals surface area contributed by atoms with Crippen molar-refractivity contribution in [2.75, 3.05) is 13.1 Å². The molecule has 0 radical (unpaired) electrons. The molecular formula is C17H17ClN2. The maximum absolute atomic E-state index is 6.59. The summed E-state index contributed by atoms with van der Waals surface area (Å²) >= 11 is 0. The zero-order valence-electron chi connectivity index (χ0n) is 11.1. The predicted octanol–water partition coefficient (Wildman–Crippen LogP) is 3.17. The van der Waals surface area contributed by atoms with Crippen LogP contribution in [0.4, 0.5) is 0 Å². The van der Waals surface area contributed by atoms with Crippen molar-refractivity contribution in [2.24, 2.45) is 5.73 Å². The van der Waals surface area contributed by atoms with Gasteiger partial charge in [-0.05, 0) is 33.2 Å². The van der Waals surface area contributed by atoms with Crippen LogP contribution in [0.5, 0.6) is 0 Å². The molecule has 0 amide bonds. The van der Waals surface area contributed by atoms with Crippen LogP contribution in [0.25, 0.3) is 21.5 Å². The van der Waals surface area contributed by atoms with Crippen molar-refractivity contribution in [3.05, 3.63) is 60.2 Å². The molecule has 1 fully saturated rings. The average Bonchev–Trinajstić information content (AvgIpc) is 2.42. The molecule has 4 rings (SSSR count). The summed E-state index contributed by atoms with van der Waals surface area (Å²) in [6.07, 6.45) is 0. The first-order valence-corrected chi connectivity index (χ1v) is 6.68. The third-order valence-corrected chi connectivity index (χ3v) is 4.15. The van der Waals surface area contributed by atoms with Gasteiger partial charge in [-0.2, -0.15) is 0 Å². The van der Waals surface area contributed by atoms with Crippen LogP contribution in [0, 0.1) is 0 Å². The standard InChI is InChI=1S/C17H16N2.ClH/c18-17(10-19-11-17)16-14-7-3-1-5-12(14)9-13-6-2-4-8-15(13)16;/h1-9,19H,10-11,18H2;1H. The monoisotopic (exact) mass is 284 g/mol. The minimum absolute atomic E-state index is 0. The Bertz CT molecular complexity index is 724. The lowest BCUT2D eigenvalue weighted by molar-refractivity contribution is 0.291. The molecule has 3 aromatic rings. The molecule has 3 heteroatoms. The Hall–Kier alpha value is -1.61. The normalized spacial score (nSPS) is 16.6. The zero-order chi connectivity index (χ0) is 12.9. The minimum Gasteiger partial charge on any atom is -0.319 e. The van der Waals surface area contributed by atoms with E-state index in [1.807, 2.05) is 0 Å². The maximum atomic E-state index is 6.59. The highest BCUT2D eigenvalue weighted by molar-refractivity contribution is 6.03. The van der Waals surface area contributed by atoms with Crippen LogP contribution in [-0.4, -0.2) is 13.1 Å². The van der Waals surface area contributed by atoms with E-state index in [2.05, 4.69) is 59.9 Å². The first kappa shape index (κ1) is 13.4. The van der Waals surface area contributed by atoms with Crippen LogP contribution in [0.3, 0.4) is 0 Å². The lowest BCUT2D eigenvalue weighted by Crippen LogP contribution is -2.62. The van der Waals surface area contributed by atoms with E-state index in [0.717, 1.165) is 13.1 Å². The predicted molar refractivity (Wildman–Crippen MR) is 87.4 cm³/mol.